The molecular formula is C24H27ClF2N8O5. The van der Waals surface area contributed by atoms with Gasteiger partial charge >= 0.3 is 6.61 Å². The van der Waals surface area contributed by atoms with E-state index < -0.39 is 30.4 Å². The Kier molecular flexibility index (Phi) is 10.7. The number of allylic oxidation sites excluding steroid dienone is 2. The molecule has 40 heavy (non-hydrogen) atoms. The Balaban J connectivity index is 1.97. The smallest absolute Gasteiger partial charge is 0.387 e. The second-order valence-electron chi connectivity index (χ2n) is 8.20. The van der Waals surface area contributed by atoms with Crippen LogP contribution in [0.25, 0.3) is 5.70 Å². The molecule has 0 saturated carbocycles. The number of halogens is 3. The van der Waals surface area contributed by atoms with Crippen molar-refractivity contribution in [1.29, 1.82) is 5.41 Å². The Bertz CT molecular complexity index is 1300. The average molecular weight is 581 g/mol. The molecule has 2 amide bonds. The summed E-state index contributed by atoms with van der Waals surface area (Å²) in [6, 6.07) is 3.72. The number of nitrogens with one attached hydrogen (secondary N) is 3. The van der Waals surface area contributed by atoms with E-state index in [1.165, 1.54) is 35.5 Å². The summed E-state index contributed by atoms with van der Waals surface area (Å²) in [7, 11) is 0. The topological polar surface area (TPSA) is 201 Å². The van der Waals surface area contributed by atoms with Crippen LogP contribution in [0, 0.1) is 5.41 Å². The fraction of sp³-hybridized carbons (Fsp3) is 0.292. The molecule has 2 aliphatic heterocycles. The summed E-state index contributed by atoms with van der Waals surface area (Å²) in [4.78, 5) is 35.4. The normalized spacial score (nSPS) is 18.8. The average Bonchev–Trinajstić information content (AvgIpc) is 2.93. The van der Waals surface area contributed by atoms with Crippen LogP contribution in [0.3, 0.4) is 0 Å². The number of ether oxygens (including phenoxy) is 2. The number of benzene rings is 1. The number of amidine groups is 1. The number of aliphatic imine (C=N–C) groups is 2. The van der Waals surface area contributed by atoms with Crippen LogP contribution in [0.15, 0.2) is 57.6 Å². The molecule has 13 nitrogen and oxygen atoms in total. The van der Waals surface area contributed by atoms with E-state index in [0.29, 0.717) is 6.54 Å². The van der Waals surface area contributed by atoms with Gasteiger partial charge in [0.2, 0.25) is 5.91 Å². The summed E-state index contributed by atoms with van der Waals surface area (Å²) in [5.74, 6) is -2.34. The Morgan fingerprint density at radius 3 is 2.85 bits per heavy atom. The van der Waals surface area contributed by atoms with E-state index >= 15 is 0 Å². The lowest BCUT2D eigenvalue weighted by Crippen LogP contribution is -2.47. The molecule has 1 aromatic carbocycles. The molecule has 0 bridgehead atoms. The second kappa shape index (κ2) is 14.2. The number of alkyl halides is 2. The number of carbonyl (C=O) groups is 2. The first-order valence-electron chi connectivity index (χ1n) is 11.7. The van der Waals surface area contributed by atoms with Gasteiger partial charge in [-0.3, -0.25) is 20.0 Å². The van der Waals surface area contributed by atoms with E-state index in [1.807, 2.05) is 0 Å². The Morgan fingerprint density at radius 1 is 1.43 bits per heavy atom. The molecule has 2 heterocycles. The van der Waals surface area contributed by atoms with Crippen molar-refractivity contribution in [2.24, 2.45) is 21.5 Å². The number of nitrogens with zero attached hydrogens (tertiary/aromatic N) is 3. The van der Waals surface area contributed by atoms with Crippen LogP contribution in [-0.4, -0.2) is 85.6 Å². The lowest BCUT2D eigenvalue weighted by molar-refractivity contribution is -0.138. The van der Waals surface area contributed by atoms with Gasteiger partial charge in [0, 0.05) is 42.3 Å². The zero-order valence-electron chi connectivity index (χ0n) is 20.9. The first-order valence-corrected chi connectivity index (χ1v) is 12.1. The number of aliphatic hydroxyl groups excluding tert-OH is 1. The number of nitrogens with two attached hydrogens (primary N) is 2. The van der Waals surface area contributed by atoms with Gasteiger partial charge in [0.15, 0.2) is 0 Å². The van der Waals surface area contributed by atoms with E-state index in [0.717, 1.165) is 6.21 Å². The Labute approximate surface area is 232 Å². The van der Waals surface area contributed by atoms with Gasteiger partial charge in [-0.25, -0.2) is 4.99 Å². The van der Waals surface area contributed by atoms with Crippen LogP contribution in [0.4, 0.5) is 8.78 Å². The number of carbonyl (C=O) groups excluding carboxylic acids is 2. The molecular weight excluding hydrogens is 554 g/mol. The molecule has 0 radical (unpaired) electrons. The summed E-state index contributed by atoms with van der Waals surface area (Å²) < 4.78 is 36.0. The Morgan fingerprint density at radius 2 is 2.20 bits per heavy atom. The monoisotopic (exact) mass is 580 g/mol. The molecule has 1 fully saturated rings. The van der Waals surface area contributed by atoms with E-state index in [-0.39, 0.29) is 65.4 Å². The van der Waals surface area contributed by atoms with E-state index in [4.69, 9.17) is 33.2 Å². The minimum Gasteiger partial charge on any atom is -0.434 e. The van der Waals surface area contributed by atoms with Gasteiger partial charge in [-0.2, -0.15) is 8.78 Å². The van der Waals surface area contributed by atoms with E-state index in [1.54, 1.807) is 6.08 Å². The van der Waals surface area contributed by atoms with Crippen LogP contribution < -0.4 is 26.8 Å². The van der Waals surface area contributed by atoms with Gasteiger partial charge in [0.05, 0.1) is 30.7 Å². The van der Waals surface area contributed by atoms with Crippen LogP contribution in [0.5, 0.6) is 5.75 Å². The molecule has 1 saturated heterocycles. The largest absolute Gasteiger partial charge is 0.434 e. The zero-order valence-corrected chi connectivity index (χ0v) is 21.7. The maximum Gasteiger partial charge on any atom is 0.387 e. The number of aliphatic hydroxyl groups is 1. The van der Waals surface area contributed by atoms with Crippen LogP contribution in [0.1, 0.15) is 5.56 Å². The molecule has 16 heteroatoms. The second-order valence-corrected chi connectivity index (χ2v) is 8.64. The predicted octanol–water partition coefficient (Wildman–Crippen LogP) is 0.311. The number of hydrogen-bond acceptors (Lipinski definition) is 10. The first kappa shape index (κ1) is 30.2. The van der Waals surface area contributed by atoms with Gasteiger partial charge in [0.25, 0.3) is 5.91 Å². The third kappa shape index (κ3) is 8.08. The molecule has 0 spiro atoms. The van der Waals surface area contributed by atoms with Gasteiger partial charge in [-0.15, -0.1) is 0 Å². The molecule has 1 atom stereocenters. The predicted molar refractivity (Wildman–Crippen MR) is 144 cm³/mol. The van der Waals surface area contributed by atoms with Crippen molar-refractivity contribution in [3.8, 4) is 5.75 Å². The van der Waals surface area contributed by atoms with E-state index in [9.17, 15) is 23.5 Å². The molecule has 8 N–H and O–H groups in total. The van der Waals surface area contributed by atoms with E-state index in [2.05, 4.69) is 25.4 Å². The third-order valence-electron chi connectivity index (χ3n) is 5.47. The van der Waals surface area contributed by atoms with Crippen molar-refractivity contribution in [3.05, 3.63) is 58.2 Å². The summed E-state index contributed by atoms with van der Waals surface area (Å²) in [6.07, 6.45) is 4.92. The molecule has 0 aliphatic carbocycles. The highest BCUT2D eigenvalue weighted by atomic mass is 35.5. The summed E-state index contributed by atoms with van der Waals surface area (Å²) >= 11 is 6.05. The summed E-state index contributed by atoms with van der Waals surface area (Å²) in [6.45, 7) is -3.12. The fourth-order valence-electron chi connectivity index (χ4n) is 3.60. The minimum atomic E-state index is -3.19. The number of hydrogen-bond donors (Lipinski definition) is 6. The molecule has 3 rings (SSSR count). The third-order valence-corrected chi connectivity index (χ3v) is 5.70. The lowest BCUT2D eigenvalue weighted by atomic mass is 10.1. The molecule has 0 aromatic heterocycles. The molecule has 1 unspecified atom stereocenters. The molecule has 214 valence electrons. The van der Waals surface area contributed by atoms with Gasteiger partial charge < -0.3 is 41.6 Å². The quantitative estimate of drug-likeness (QED) is 0.129. The van der Waals surface area contributed by atoms with Crippen molar-refractivity contribution in [3.63, 3.8) is 0 Å². The van der Waals surface area contributed by atoms with Crippen molar-refractivity contribution in [2.75, 3.05) is 32.8 Å². The van der Waals surface area contributed by atoms with Crippen molar-refractivity contribution >= 4 is 47.4 Å². The lowest BCUT2D eigenvalue weighted by Gasteiger charge is -2.31. The zero-order chi connectivity index (χ0) is 29.2. The standard InChI is InChI=1S/C24H27ClF2N8O5/c25-13-2-3-17(40-24(26)27)15(8-13)20(28)16(9-31-10-18(37)35-6-7-39-14(11-35)12-36)34-23(38)19(21(29)30)22-32-4-1-5-33-22/h1-5,8-9,14,24,32,36H,6-7,10-12,28H2,(H3,29,30)(H,34,38)/b20-16?,22-19-,31-9?. The van der Waals surface area contributed by atoms with Crippen molar-refractivity contribution < 1.29 is 33.0 Å². The van der Waals surface area contributed by atoms with Gasteiger partial charge in [0.1, 0.15) is 29.5 Å². The fourth-order valence-corrected chi connectivity index (χ4v) is 3.77. The summed E-state index contributed by atoms with van der Waals surface area (Å²) in [5, 5.41) is 22.4. The maximum absolute atomic E-state index is 13.2. The SMILES string of the molecule is N=C(N)/C(C(=O)NC(C=NCC(=O)N1CCOC(CO)C1)=C(N)c1cc(Cl)ccc1OC(F)F)=C1/N=CC=CN1. The van der Waals surface area contributed by atoms with Crippen LogP contribution >= 0.6 is 11.6 Å². The number of rotatable bonds is 10. The minimum absolute atomic E-state index is 0.0345. The van der Waals surface area contributed by atoms with Crippen LogP contribution in [0.2, 0.25) is 5.02 Å². The van der Waals surface area contributed by atoms with Crippen molar-refractivity contribution in [2.45, 2.75) is 12.7 Å². The van der Waals surface area contributed by atoms with Gasteiger partial charge in [-0.1, -0.05) is 11.6 Å². The van der Waals surface area contributed by atoms with Crippen molar-refractivity contribution in [1.82, 2.24) is 15.5 Å². The molecule has 1 aromatic rings. The molecule has 2 aliphatic rings. The highest BCUT2D eigenvalue weighted by molar-refractivity contribution is 6.30. The highest BCUT2D eigenvalue weighted by Gasteiger charge is 2.24. The first-order chi connectivity index (χ1) is 19.1. The highest BCUT2D eigenvalue weighted by Crippen LogP contribution is 2.29. The Hall–Kier alpha value is -4.34. The van der Waals surface area contributed by atoms with Crippen LogP contribution in [-0.2, 0) is 14.3 Å². The number of morpholine rings is 1. The van der Waals surface area contributed by atoms with Gasteiger partial charge in [-0.05, 0) is 24.3 Å². The maximum atomic E-state index is 13.2. The number of amides is 2. The summed E-state index contributed by atoms with van der Waals surface area (Å²) in [5.41, 5.74) is 10.9.